The molecule has 1 saturated heterocycles. The molecule has 0 saturated carbocycles. The fourth-order valence-corrected chi connectivity index (χ4v) is 2.63. The molecule has 0 atom stereocenters. The van der Waals surface area contributed by atoms with Gasteiger partial charge in [-0.2, -0.15) is 0 Å². The molecule has 0 bridgehead atoms. The normalized spacial score (nSPS) is 18.0. The summed E-state index contributed by atoms with van der Waals surface area (Å²) in [4.78, 5) is 31.7. The third-order valence-electron chi connectivity index (χ3n) is 3.95. The van der Waals surface area contributed by atoms with E-state index >= 15 is 0 Å². The molecule has 6 heteroatoms. The number of rotatable bonds is 3. The second-order valence-corrected chi connectivity index (χ2v) is 5.80. The van der Waals surface area contributed by atoms with Crippen molar-refractivity contribution in [3.63, 3.8) is 0 Å². The van der Waals surface area contributed by atoms with Crippen LogP contribution in [0.2, 0.25) is 0 Å². The van der Waals surface area contributed by atoms with Crippen molar-refractivity contribution < 1.29 is 14.7 Å². The first kappa shape index (κ1) is 15.3. The van der Waals surface area contributed by atoms with Gasteiger partial charge >= 0.3 is 5.97 Å². The molecule has 0 radical (unpaired) electrons. The Hall–Kier alpha value is -2.11. The van der Waals surface area contributed by atoms with E-state index in [9.17, 15) is 14.7 Å². The molecule has 114 valence electrons. The Morgan fingerprint density at radius 3 is 2.62 bits per heavy atom. The molecule has 0 spiro atoms. The van der Waals surface area contributed by atoms with E-state index in [0.29, 0.717) is 31.0 Å². The molecular weight excluding hydrogens is 270 g/mol. The average Bonchev–Trinajstić information content (AvgIpc) is 2.44. The Bertz CT molecular complexity index is 584. The summed E-state index contributed by atoms with van der Waals surface area (Å²) in [5.74, 6) is -0.417. The summed E-state index contributed by atoms with van der Waals surface area (Å²) in [5.41, 5.74) is 0.188. The molecular formula is C15H21N3O3. The standard InChI is InChI=1S/C15H21N3O3/c1-5-11-8-10(13(19)20)9-12(16-11)18-7-6-17(4)14(21)15(18,2)3/h8-9H,5-7H2,1-4H3,(H,19,20). The zero-order valence-corrected chi connectivity index (χ0v) is 12.9. The molecule has 2 rings (SSSR count). The minimum absolute atomic E-state index is 0.00864. The minimum Gasteiger partial charge on any atom is -0.478 e. The number of piperazine rings is 1. The SMILES string of the molecule is CCc1cc(C(=O)O)cc(N2CCN(C)C(=O)C2(C)C)n1. The van der Waals surface area contributed by atoms with Gasteiger partial charge in [0.15, 0.2) is 0 Å². The first-order valence-corrected chi connectivity index (χ1v) is 7.04. The molecule has 1 amide bonds. The maximum Gasteiger partial charge on any atom is 0.335 e. The Balaban J connectivity index is 2.48. The summed E-state index contributed by atoms with van der Waals surface area (Å²) in [7, 11) is 1.78. The number of hydrogen-bond acceptors (Lipinski definition) is 4. The van der Waals surface area contributed by atoms with Gasteiger partial charge in [0.2, 0.25) is 5.91 Å². The van der Waals surface area contributed by atoms with Crippen LogP contribution in [0.15, 0.2) is 12.1 Å². The molecule has 0 aromatic carbocycles. The molecule has 0 aliphatic carbocycles. The smallest absolute Gasteiger partial charge is 0.335 e. The van der Waals surface area contributed by atoms with Crippen molar-refractivity contribution in [2.24, 2.45) is 0 Å². The maximum absolute atomic E-state index is 12.3. The van der Waals surface area contributed by atoms with Crippen LogP contribution in [0.4, 0.5) is 5.82 Å². The number of pyridine rings is 1. The van der Waals surface area contributed by atoms with Crippen LogP contribution in [-0.2, 0) is 11.2 Å². The molecule has 2 heterocycles. The van der Waals surface area contributed by atoms with Crippen LogP contribution in [0.1, 0.15) is 36.8 Å². The van der Waals surface area contributed by atoms with E-state index in [1.54, 1.807) is 24.1 Å². The third-order valence-corrected chi connectivity index (χ3v) is 3.95. The summed E-state index contributed by atoms with van der Waals surface area (Å²) in [6.07, 6.45) is 0.649. The number of carbonyl (C=O) groups excluding carboxylic acids is 1. The maximum atomic E-state index is 12.3. The lowest BCUT2D eigenvalue weighted by Gasteiger charge is -2.45. The first-order chi connectivity index (χ1) is 9.77. The van der Waals surface area contributed by atoms with Gasteiger partial charge in [-0.1, -0.05) is 6.92 Å². The van der Waals surface area contributed by atoms with Gasteiger partial charge < -0.3 is 14.9 Å². The van der Waals surface area contributed by atoms with Gasteiger partial charge in [-0.3, -0.25) is 4.79 Å². The number of aromatic nitrogens is 1. The van der Waals surface area contributed by atoms with Crippen molar-refractivity contribution in [1.82, 2.24) is 9.88 Å². The summed E-state index contributed by atoms with van der Waals surface area (Å²) >= 11 is 0. The molecule has 1 aromatic rings. The van der Waals surface area contributed by atoms with Gasteiger partial charge in [0, 0.05) is 25.8 Å². The second-order valence-electron chi connectivity index (χ2n) is 5.80. The molecule has 1 fully saturated rings. The summed E-state index contributed by atoms with van der Waals surface area (Å²) < 4.78 is 0. The van der Waals surface area contributed by atoms with E-state index in [0.717, 1.165) is 0 Å². The van der Waals surface area contributed by atoms with Crippen LogP contribution in [0, 0.1) is 0 Å². The van der Waals surface area contributed by atoms with Crippen molar-refractivity contribution in [3.8, 4) is 0 Å². The highest BCUT2D eigenvalue weighted by atomic mass is 16.4. The first-order valence-electron chi connectivity index (χ1n) is 7.04. The largest absolute Gasteiger partial charge is 0.478 e. The fraction of sp³-hybridized carbons (Fsp3) is 0.533. The predicted octanol–water partition coefficient (Wildman–Crippen LogP) is 1.40. The molecule has 1 aliphatic rings. The van der Waals surface area contributed by atoms with Crippen molar-refractivity contribution in [3.05, 3.63) is 23.4 Å². The number of aromatic carboxylic acids is 1. The number of anilines is 1. The zero-order valence-electron chi connectivity index (χ0n) is 12.9. The molecule has 1 N–H and O–H groups in total. The van der Waals surface area contributed by atoms with E-state index in [2.05, 4.69) is 4.98 Å². The number of carbonyl (C=O) groups is 2. The lowest BCUT2D eigenvalue weighted by Crippen LogP contribution is -2.62. The van der Waals surface area contributed by atoms with Gasteiger partial charge in [0.1, 0.15) is 11.4 Å². The molecule has 1 aromatic heterocycles. The van der Waals surface area contributed by atoms with Crippen molar-refractivity contribution in [2.45, 2.75) is 32.7 Å². The fourth-order valence-electron chi connectivity index (χ4n) is 2.63. The average molecular weight is 291 g/mol. The van der Waals surface area contributed by atoms with Crippen LogP contribution < -0.4 is 4.90 Å². The second kappa shape index (κ2) is 5.35. The number of carboxylic acid groups (broad SMARTS) is 1. The number of hydrogen-bond donors (Lipinski definition) is 1. The van der Waals surface area contributed by atoms with E-state index < -0.39 is 11.5 Å². The highest BCUT2D eigenvalue weighted by Crippen LogP contribution is 2.28. The van der Waals surface area contributed by atoms with Gasteiger partial charge in [-0.05, 0) is 32.4 Å². The van der Waals surface area contributed by atoms with Crippen LogP contribution in [0.3, 0.4) is 0 Å². The number of aryl methyl sites for hydroxylation is 1. The summed E-state index contributed by atoms with van der Waals surface area (Å²) in [6, 6.07) is 3.12. The quantitative estimate of drug-likeness (QED) is 0.911. The monoisotopic (exact) mass is 291 g/mol. The minimum atomic E-state index is -0.980. The van der Waals surface area contributed by atoms with Crippen molar-refractivity contribution >= 4 is 17.7 Å². The van der Waals surface area contributed by atoms with Gasteiger partial charge in [0.25, 0.3) is 0 Å². The van der Waals surface area contributed by atoms with Crippen molar-refractivity contribution in [1.29, 1.82) is 0 Å². The van der Waals surface area contributed by atoms with Crippen molar-refractivity contribution in [2.75, 3.05) is 25.0 Å². The highest BCUT2D eigenvalue weighted by molar-refractivity contribution is 5.91. The third kappa shape index (κ3) is 2.70. The van der Waals surface area contributed by atoms with Crippen LogP contribution >= 0.6 is 0 Å². The van der Waals surface area contributed by atoms with Gasteiger partial charge in [0.05, 0.1) is 5.56 Å². The van der Waals surface area contributed by atoms with E-state index in [1.807, 2.05) is 25.7 Å². The number of likely N-dealkylation sites (N-methyl/N-ethyl adjacent to an activating group) is 1. The van der Waals surface area contributed by atoms with Gasteiger partial charge in [-0.15, -0.1) is 0 Å². The van der Waals surface area contributed by atoms with Crippen LogP contribution in [-0.4, -0.2) is 52.5 Å². The lowest BCUT2D eigenvalue weighted by atomic mass is 9.97. The summed E-state index contributed by atoms with van der Waals surface area (Å²) in [6.45, 7) is 6.84. The van der Waals surface area contributed by atoms with E-state index in [1.165, 1.54) is 0 Å². The lowest BCUT2D eigenvalue weighted by molar-refractivity contribution is -0.136. The zero-order chi connectivity index (χ0) is 15.8. The van der Waals surface area contributed by atoms with E-state index in [4.69, 9.17) is 0 Å². The molecule has 1 aliphatic heterocycles. The van der Waals surface area contributed by atoms with Crippen LogP contribution in [0.25, 0.3) is 0 Å². The molecule has 6 nitrogen and oxygen atoms in total. The van der Waals surface area contributed by atoms with Crippen LogP contribution in [0.5, 0.6) is 0 Å². The molecule has 0 unspecified atom stereocenters. The Kier molecular flexibility index (Phi) is 3.89. The van der Waals surface area contributed by atoms with Gasteiger partial charge in [-0.25, -0.2) is 9.78 Å². The number of carboxylic acids is 1. The summed E-state index contributed by atoms with van der Waals surface area (Å²) in [5, 5.41) is 9.23. The molecule has 21 heavy (non-hydrogen) atoms. The Morgan fingerprint density at radius 2 is 2.05 bits per heavy atom. The van der Waals surface area contributed by atoms with E-state index in [-0.39, 0.29) is 11.5 Å². The predicted molar refractivity (Wildman–Crippen MR) is 79.6 cm³/mol. The Morgan fingerprint density at radius 1 is 1.38 bits per heavy atom. The highest BCUT2D eigenvalue weighted by Gasteiger charge is 2.41. The number of amides is 1. The topological polar surface area (TPSA) is 73.7 Å². The number of nitrogens with zero attached hydrogens (tertiary/aromatic N) is 3. The Labute approximate surface area is 124 Å².